The number of benzene rings is 3. The van der Waals surface area contributed by atoms with Crippen molar-refractivity contribution in [3.63, 3.8) is 0 Å². The molecule has 3 N–H and O–H groups in total. The minimum atomic E-state index is -0.881. The van der Waals surface area contributed by atoms with E-state index in [0.29, 0.717) is 17.0 Å². The first-order valence-corrected chi connectivity index (χ1v) is 12.9. The van der Waals surface area contributed by atoms with Crippen LogP contribution < -0.4 is 15.8 Å². The highest BCUT2D eigenvalue weighted by Gasteiger charge is 2.48. The smallest absolute Gasteiger partial charge is 0.307 e. The maximum absolute atomic E-state index is 14.0. The Morgan fingerprint density at radius 2 is 1.85 bits per heavy atom. The summed E-state index contributed by atoms with van der Waals surface area (Å²) in [7, 11) is 2.76. The molecule has 0 saturated carbocycles. The first-order chi connectivity index (χ1) is 18.9. The molecule has 2 aliphatic heterocycles. The average Bonchev–Trinajstić information content (AvgIpc) is 3.27. The summed E-state index contributed by atoms with van der Waals surface area (Å²) in [5, 5.41) is 14.5. The molecule has 0 aromatic heterocycles. The van der Waals surface area contributed by atoms with Gasteiger partial charge in [-0.25, -0.2) is 0 Å². The van der Waals surface area contributed by atoms with Gasteiger partial charge in [-0.15, -0.1) is 0 Å². The highest BCUT2D eigenvalue weighted by atomic mass is 32.2. The molecule has 0 radical (unpaired) electrons. The molecule has 10 heteroatoms. The van der Waals surface area contributed by atoms with Gasteiger partial charge in [-0.05, 0) is 40.6 Å². The van der Waals surface area contributed by atoms with Crippen LogP contribution in [0, 0.1) is 11.3 Å². The summed E-state index contributed by atoms with van der Waals surface area (Å²) in [6, 6.07) is 22.4. The van der Waals surface area contributed by atoms with Crippen molar-refractivity contribution in [2.24, 2.45) is 5.73 Å². The summed E-state index contributed by atoms with van der Waals surface area (Å²) in [5.41, 5.74) is 7.76. The molecule has 9 nitrogen and oxygen atoms in total. The number of esters is 1. The van der Waals surface area contributed by atoms with Crippen molar-refractivity contribution < 1.29 is 23.9 Å². The van der Waals surface area contributed by atoms with E-state index in [1.165, 1.54) is 19.1 Å². The third kappa shape index (κ3) is 4.69. The lowest BCUT2D eigenvalue weighted by Crippen LogP contribution is -2.39. The van der Waals surface area contributed by atoms with E-state index in [1.807, 2.05) is 36.4 Å². The molecule has 3 aromatic rings. The van der Waals surface area contributed by atoms with Crippen LogP contribution in [-0.2, 0) is 19.1 Å². The fraction of sp³-hybridized carbons (Fsp3) is 0.172. The number of nitrogens with zero attached hydrogens (tertiary/aromatic N) is 2. The predicted octanol–water partition coefficient (Wildman–Crippen LogP) is 4.00. The highest BCUT2D eigenvalue weighted by Crippen LogP contribution is 2.50. The lowest BCUT2D eigenvalue weighted by atomic mass is 9.82. The number of nitrogens with two attached hydrogens (primary N) is 1. The number of ether oxygens (including phenoxy) is 2. The van der Waals surface area contributed by atoms with Crippen LogP contribution in [0.25, 0.3) is 10.8 Å². The van der Waals surface area contributed by atoms with Gasteiger partial charge in [0.25, 0.3) is 5.91 Å². The Morgan fingerprint density at radius 3 is 2.56 bits per heavy atom. The zero-order valence-electron chi connectivity index (χ0n) is 21.1. The maximum Gasteiger partial charge on any atom is 0.307 e. The number of hydrogen-bond acceptors (Lipinski definition) is 8. The van der Waals surface area contributed by atoms with Crippen molar-refractivity contribution in [3.8, 4) is 11.8 Å². The molecule has 196 valence electrons. The quantitative estimate of drug-likeness (QED) is 0.448. The number of methoxy groups -OCH3 is 2. The Balaban J connectivity index is 1.65. The topological polar surface area (TPSA) is 135 Å². The second-order valence-electron chi connectivity index (χ2n) is 8.92. The summed E-state index contributed by atoms with van der Waals surface area (Å²) in [6.45, 7) is 0. The van der Waals surface area contributed by atoms with Crippen molar-refractivity contribution in [1.82, 2.24) is 4.90 Å². The zero-order valence-corrected chi connectivity index (χ0v) is 22.0. The van der Waals surface area contributed by atoms with Gasteiger partial charge in [-0.2, -0.15) is 5.26 Å². The van der Waals surface area contributed by atoms with Gasteiger partial charge < -0.3 is 20.5 Å². The fourth-order valence-corrected chi connectivity index (χ4v) is 6.09. The van der Waals surface area contributed by atoms with Gasteiger partial charge >= 0.3 is 5.97 Å². The van der Waals surface area contributed by atoms with E-state index in [-0.39, 0.29) is 28.4 Å². The monoisotopic (exact) mass is 540 g/mol. The number of rotatable bonds is 6. The van der Waals surface area contributed by atoms with Crippen LogP contribution in [0.4, 0.5) is 5.69 Å². The molecule has 0 aliphatic carbocycles. The lowest BCUT2D eigenvalue weighted by Gasteiger charge is -2.32. The largest absolute Gasteiger partial charge is 0.497 e. The third-order valence-electron chi connectivity index (χ3n) is 6.66. The van der Waals surface area contributed by atoms with E-state index in [9.17, 15) is 19.6 Å². The molecule has 2 heterocycles. The molecular weight excluding hydrogens is 516 g/mol. The van der Waals surface area contributed by atoms with Crippen LogP contribution in [0.1, 0.15) is 17.9 Å². The van der Waals surface area contributed by atoms with Crippen molar-refractivity contribution in [2.75, 3.05) is 19.5 Å². The molecular formula is C29H24N4O5S. The molecule has 1 saturated heterocycles. The van der Waals surface area contributed by atoms with E-state index in [0.717, 1.165) is 22.5 Å². The Labute approximate surface area is 228 Å². The van der Waals surface area contributed by atoms with Crippen LogP contribution >= 0.6 is 11.8 Å². The maximum atomic E-state index is 14.0. The predicted molar refractivity (Wildman–Crippen MR) is 147 cm³/mol. The second kappa shape index (κ2) is 10.6. The summed E-state index contributed by atoms with van der Waals surface area (Å²) in [5.74, 6) is -2.00. The summed E-state index contributed by atoms with van der Waals surface area (Å²) < 4.78 is 10.1. The number of anilines is 1. The minimum absolute atomic E-state index is 0.0448. The van der Waals surface area contributed by atoms with Gasteiger partial charge in [0.05, 0.1) is 48.8 Å². The fourth-order valence-electron chi connectivity index (χ4n) is 4.76. The van der Waals surface area contributed by atoms with Crippen LogP contribution in [0.15, 0.2) is 88.7 Å². The van der Waals surface area contributed by atoms with Gasteiger partial charge in [0.15, 0.2) is 0 Å². The SMILES string of the molecule is COC(=O)C[C@@H]1SC2=C(C(=O)Nc3ccc4ccccc4c3)[C@H](c3cccc(OC)c3)C(C#N)=C(N)N2C1=O. The Morgan fingerprint density at radius 1 is 1.08 bits per heavy atom. The number of carbonyl (C=O) groups is 3. The standard InChI is InChI=1S/C29H24N4O5S/c1-37-20-9-5-8-18(13-20)24-21(15-30)26(31)33-28(36)22(14-23(34)38-2)39-29(33)25(24)27(35)32-19-11-10-16-6-3-4-7-17(16)12-19/h3-13,22,24H,14,31H2,1-2H3,(H,32,35)/t22-,24+/m0/s1. The van der Waals surface area contributed by atoms with E-state index in [2.05, 4.69) is 11.4 Å². The number of allylic oxidation sites excluding steroid dienone is 1. The van der Waals surface area contributed by atoms with E-state index in [4.69, 9.17) is 15.2 Å². The van der Waals surface area contributed by atoms with E-state index < -0.39 is 29.0 Å². The number of nitriles is 1. The van der Waals surface area contributed by atoms with Crippen LogP contribution in [-0.4, -0.2) is 42.2 Å². The number of carbonyl (C=O) groups excluding carboxylic acids is 3. The van der Waals surface area contributed by atoms with Crippen molar-refractivity contribution >= 4 is 46.0 Å². The van der Waals surface area contributed by atoms with Crippen LogP contribution in [0.3, 0.4) is 0 Å². The van der Waals surface area contributed by atoms with Gasteiger partial charge in [-0.1, -0.05) is 54.2 Å². The van der Waals surface area contributed by atoms with Gasteiger partial charge in [0.2, 0.25) is 5.91 Å². The highest BCUT2D eigenvalue weighted by molar-refractivity contribution is 8.04. The first-order valence-electron chi connectivity index (χ1n) is 12.0. The third-order valence-corrected chi connectivity index (χ3v) is 7.94. The van der Waals surface area contributed by atoms with Crippen molar-refractivity contribution in [1.29, 1.82) is 5.26 Å². The first kappa shape index (κ1) is 25.9. The molecule has 0 unspecified atom stereocenters. The van der Waals surface area contributed by atoms with Crippen LogP contribution in [0.2, 0.25) is 0 Å². The number of hydrogen-bond donors (Lipinski definition) is 2. The number of fused-ring (bicyclic) bond motifs is 2. The number of nitrogens with one attached hydrogen (secondary N) is 1. The summed E-state index contributed by atoms with van der Waals surface area (Å²) in [6.07, 6.45) is -0.210. The molecule has 0 bridgehead atoms. The molecule has 2 aliphatic rings. The van der Waals surface area contributed by atoms with Gasteiger partial charge in [-0.3, -0.25) is 19.3 Å². The zero-order chi connectivity index (χ0) is 27.7. The lowest BCUT2D eigenvalue weighted by molar-refractivity contribution is -0.142. The van der Waals surface area contributed by atoms with E-state index >= 15 is 0 Å². The molecule has 5 rings (SSSR count). The van der Waals surface area contributed by atoms with E-state index in [1.54, 1.807) is 30.3 Å². The Bertz CT molecular complexity index is 1620. The normalized spacial score (nSPS) is 18.6. The Kier molecular flexibility index (Phi) is 7.00. The number of thioether (sulfide) groups is 1. The Hall–Kier alpha value is -4.75. The van der Waals surface area contributed by atoms with Crippen molar-refractivity contribution in [2.45, 2.75) is 17.6 Å². The van der Waals surface area contributed by atoms with Crippen LogP contribution in [0.5, 0.6) is 5.75 Å². The molecule has 39 heavy (non-hydrogen) atoms. The summed E-state index contributed by atoms with van der Waals surface area (Å²) in [4.78, 5) is 40.6. The second-order valence-corrected chi connectivity index (χ2v) is 10.1. The molecule has 1 fully saturated rings. The van der Waals surface area contributed by atoms with Crippen molar-refractivity contribution in [3.05, 3.63) is 94.3 Å². The summed E-state index contributed by atoms with van der Waals surface area (Å²) >= 11 is 1.06. The molecule has 2 amide bonds. The minimum Gasteiger partial charge on any atom is -0.497 e. The van der Waals surface area contributed by atoms with Gasteiger partial charge in [0, 0.05) is 5.69 Å². The number of amides is 2. The molecule has 3 aromatic carbocycles. The average molecular weight is 541 g/mol. The molecule has 0 spiro atoms. The molecule has 2 atom stereocenters. The van der Waals surface area contributed by atoms with Gasteiger partial charge in [0.1, 0.15) is 16.8 Å².